The lowest BCUT2D eigenvalue weighted by molar-refractivity contribution is 0.00682. The van der Waals surface area contributed by atoms with Gasteiger partial charge in [-0.25, -0.2) is 9.78 Å². The fourth-order valence-corrected chi connectivity index (χ4v) is 5.48. The fourth-order valence-electron chi connectivity index (χ4n) is 4.71. The van der Waals surface area contributed by atoms with Gasteiger partial charge in [0.25, 0.3) is 0 Å². The molecular formula is C22H29N7O2S. The molecule has 2 fully saturated rings. The van der Waals surface area contributed by atoms with Gasteiger partial charge in [-0.1, -0.05) is 0 Å². The van der Waals surface area contributed by atoms with Crippen LogP contribution in [0.25, 0.3) is 10.2 Å². The second kappa shape index (κ2) is 7.91. The van der Waals surface area contributed by atoms with E-state index >= 15 is 0 Å². The molecule has 9 nitrogen and oxygen atoms in total. The first-order chi connectivity index (χ1) is 15.2. The summed E-state index contributed by atoms with van der Waals surface area (Å²) in [5.74, 6) is 2.07. The largest absolute Gasteiger partial charge is 0.444 e. The molecule has 2 aliphatic rings. The Morgan fingerprint density at radius 1 is 1.25 bits per heavy atom. The molecule has 32 heavy (non-hydrogen) atoms. The van der Waals surface area contributed by atoms with E-state index in [1.165, 1.54) is 0 Å². The van der Waals surface area contributed by atoms with Crippen molar-refractivity contribution in [2.75, 3.05) is 10.6 Å². The molecule has 0 saturated carbocycles. The molecule has 10 heteroatoms. The topological polar surface area (TPSA) is 108 Å². The molecule has 2 saturated heterocycles. The number of anilines is 3. The second-order valence-corrected chi connectivity index (χ2v) is 10.6. The van der Waals surface area contributed by atoms with Crippen molar-refractivity contribution in [1.29, 1.82) is 0 Å². The number of hydrogen-bond donors (Lipinski definition) is 3. The predicted octanol–water partition coefficient (Wildman–Crippen LogP) is 4.81. The zero-order valence-electron chi connectivity index (χ0n) is 18.8. The number of nitrogens with zero attached hydrogens (tertiary/aromatic N) is 4. The van der Waals surface area contributed by atoms with Gasteiger partial charge >= 0.3 is 6.09 Å². The first kappa shape index (κ1) is 21.0. The van der Waals surface area contributed by atoms with Gasteiger partial charge in [0.05, 0.1) is 10.2 Å². The smallest absolute Gasteiger partial charge is 0.410 e. The van der Waals surface area contributed by atoms with E-state index in [-0.39, 0.29) is 24.2 Å². The zero-order valence-corrected chi connectivity index (χ0v) is 19.6. The van der Waals surface area contributed by atoms with Crippen molar-refractivity contribution in [3.05, 3.63) is 23.2 Å². The maximum Gasteiger partial charge on any atom is 0.410 e. The number of amides is 1. The van der Waals surface area contributed by atoms with Gasteiger partial charge in [0.1, 0.15) is 5.60 Å². The summed E-state index contributed by atoms with van der Waals surface area (Å²) in [6.07, 6.45) is 3.56. The van der Waals surface area contributed by atoms with E-state index in [0.717, 1.165) is 53.2 Å². The van der Waals surface area contributed by atoms with Crippen molar-refractivity contribution in [2.24, 2.45) is 0 Å². The number of piperidine rings is 1. The van der Waals surface area contributed by atoms with E-state index in [1.54, 1.807) is 11.3 Å². The van der Waals surface area contributed by atoms with Crippen LogP contribution >= 0.6 is 11.3 Å². The Morgan fingerprint density at radius 2 is 2.00 bits per heavy atom. The highest BCUT2D eigenvalue weighted by Crippen LogP contribution is 2.38. The van der Waals surface area contributed by atoms with Crippen LogP contribution in [0.1, 0.15) is 52.1 Å². The van der Waals surface area contributed by atoms with E-state index in [9.17, 15) is 4.79 Å². The molecule has 0 spiro atoms. The van der Waals surface area contributed by atoms with Crippen molar-refractivity contribution in [3.63, 3.8) is 0 Å². The summed E-state index contributed by atoms with van der Waals surface area (Å²) in [5, 5.41) is 16.1. The van der Waals surface area contributed by atoms with E-state index in [4.69, 9.17) is 14.7 Å². The van der Waals surface area contributed by atoms with Crippen molar-refractivity contribution in [3.8, 4) is 0 Å². The summed E-state index contributed by atoms with van der Waals surface area (Å²) in [6, 6.07) is 4.54. The summed E-state index contributed by atoms with van der Waals surface area (Å²) in [6.45, 7) is 7.70. The molecule has 0 aliphatic carbocycles. The Balaban J connectivity index is 1.32. The van der Waals surface area contributed by atoms with Crippen LogP contribution in [0.2, 0.25) is 0 Å². The summed E-state index contributed by atoms with van der Waals surface area (Å²) < 4.78 is 6.65. The summed E-state index contributed by atoms with van der Waals surface area (Å²) >= 11 is 1.60. The number of H-pyrrole nitrogens is 1. The van der Waals surface area contributed by atoms with Gasteiger partial charge in [0, 0.05) is 29.9 Å². The highest BCUT2D eigenvalue weighted by atomic mass is 32.1. The Labute approximate surface area is 191 Å². The lowest BCUT2D eigenvalue weighted by Gasteiger charge is -2.39. The number of fused-ring (bicyclic) bond motifs is 3. The number of hydrogen-bond acceptors (Lipinski definition) is 8. The van der Waals surface area contributed by atoms with Gasteiger partial charge in [-0.15, -0.1) is 11.3 Å². The molecule has 170 valence electrons. The van der Waals surface area contributed by atoms with Gasteiger partial charge in [0.15, 0.2) is 11.6 Å². The minimum atomic E-state index is -0.480. The number of carbonyl (C=O) groups is 1. The van der Waals surface area contributed by atoms with Crippen LogP contribution in [-0.4, -0.2) is 54.9 Å². The second-order valence-electron chi connectivity index (χ2n) is 9.68. The molecule has 1 amide bonds. The quantitative estimate of drug-likeness (QED) is 0.518. The molecule has 3 aromatic rings. The summed E-state index contributed by atoms with van der Waals surface area (Å²) in [4.78, 5) is 24.2. The summed E-state index contributed by atoms with van der Waals surface area (Å²) in [7, 11) is 0. The molecular weight excluding hydrogens is 426 g/mol. The Morgan fingerprint density at radius 3 is 2.66 bits per heavy atom. The van der Waals surface area contributed by atoms with Crippen LogP contribution in [-0.2, 0) is 4.74 Å². The molecule has 2 aliphatic heterocycles. The maximum atomic E-state index is 12.7. The maximum absolute atomic E-state index is 12.7. The van der Waals surface area contributed by atoms with Gasteiger partial charge in [-0.3, -0.25) is 5.10 Å². The highest BCUT2D eigenvalue weighted by Gasteiger charge is 2.45. The molecule has 0 radical (unpaired) electrons. The van der Waals surface area contributed by atoms with Gasteiger partial charge in [-0.2, -0.15) is 10.1 Å². The molecule has 1 unspecified atom stereocenters. The van der Waals surface area contributed by atoms with Crippen molar-refractivity contribution >= 4 is 45.2 Å². The third-order valence-electron chi connectivity index (χ3n) is 5.93. The molecule has 3 N–H and O–H groups in total. The zero-order chi connectivity index (χ0) is 22.5. The minimum Gasteiger partial charge on any atom is -0.444 e. The molecule has 3 aromatic heterocycles. The van der Waals surface area contributed by atoms with Crippen LogP contribution in [0.3, 0.4) is 0 Å². The Hall–Kier alpha value is -2.88. The van der Waals surface area contributed by atoms with Crippen molar-refractivity contribution in [1.82, 2.24) is 25.1 Å². The van der Waals surface area contributed by atoms with Crippen LogP contribution in [0, 0.1) is 6.92 Å². The number of thiophene rings is 1. The van der Waals surface area contributed by atoms with Gasteiger partial charge < -0.3 is 20.3 Å². The van der Waals surface area contributed by atoms with Gasteiger partial charge in [0.2, 0.25) is 5.95 Å². The molecule has 5 heterocycles. The fraction of sp³-hybridized carbons (Fsp3) is 0.545. The molecule has 0 aromatic carbocycles. The normalized spacial score (nSPS) is 22.9. The van der Waals surface area contributed by atoms with Crippen LogP contribution in [0.15, 0.2) is 17.5 Å². The number of aryl methyl sites for hydroxylation is 1. The van der Waals surface area contributed by atoms with Crippen LogP contribution in [0.5, 0.6) is 0 Å². The number of nitrogens with one attached hydrogen (secondary N) is 3. The first-order valence-corrected chi connectivity index (χ1v) is 12.0. The van der Waals surface area contributed by atoms with Gasteiger partial charge in [-0.05, 0) is 64.8 Å². The van der Waals surface area contributed by atoms with Crippen molar-refractivity contribution < 1.29 is 9.53 Å². The molecule has 2 bridgehead atoms. The average Bonchev–Trinajstić information content (AvgIpc) is 3.39. The third-order valence-corrected chi connectivity index (χ3v) is 6.84. The van der Waals surface area contributed by atoms with E-state index in [2.05, 4.69) is 20.8 Å². The van der Waals surface area contributed by atoms with E-state index in [0.29, 0.717) is 5.95 Å². The van der Waals surface area contributed by atoms with E-state index in [1.807, 2.05) is 50.1 Å². The lowest BCUT2D eigenvalue weighted by atomic mass is 9.98. The Bertz CT molecular complexity index is 1120. The number of rotatable bonds is 4. The van der Waals surface area contributed by atoms with Crippen LogP contribution in [0.4, 0.5) is 22.4 Å². The first-order valence-electron chi connectivity index (χ1n) is 11.1. The number of aromatic nitrogens is 4. The SMILES string of the molecule is Cc1cc(Nc2nc(NC3C[C@H]4CC[C@@H](C3)N4C(=O)OC(C)(C)C)nc3ccsc23)n[nH]1. The highest BCUT2D eigenvalue weighted by molar-refractivity contribution is 7.17. The standard InChI is InChI=1S/C22H29N7O2S/c1-12-9-17(28-27-12)25-19-18-16(7-8-32-18)24-20(26-19)23-13-10-14-5-6-15(11-13)29(14)21(30)31-22(2,3)4/h7-9,13-15H,5-6,10-11H2,1-4H3,(H3,23,24,25,26,27,28)/t13?,14-,15+. The monoisotopic (exact) mass is 455 g/mol. The average molecular weight is 456 g/mol. The number of aromatic amines is 1. The minimum absolute atomic E-state index is 0.190. The number of ether oxygens (including phenoxy) is 1. The van der Waals surface area contributed by atoms with Crippen LogP contribution < -0.4 is 10.6 Å². The summed E-state index contributed by atoms with van der Waals surface area (Å²) in [5.41, 5.74) is 1.40. The molecule has 5 rings (SSSR count). The van der Waals surface area contributed by atoms with Crippen molar-refractivity contribution in [2.45, 2.75) is 77.1 Å². The predicted molar refractivity (Wildman–Crippen MR) is 126 cm³/mol. The van der Waals surface area contributed by atoms with E-state index < -0.39 is 5.60 Å². The Kier molecular flexibility index (Phi) is 5.19. The lowest BCUT2D eigenvalue weighted by Crippen LogP contribution is -2.51. The third kappa shape index (κ3) is 4.23. The number of carbonyl (C=O) groups excluding carboxylic acids is 1. The molecule has 3 atom stereocenters.